The summed E-state index contributed by atoms with van der Waals surface area (Å²) in [6.45, 7) is 4.90. The van der Waals surface area contributed by atoms with Crippen LogP contribution < -0.4 is 10.5 Å². The largest absolute Gasteiger partial charge is 0.497 e. The van der Waals surface area contributed by atoms with Crippen molar-refractivity contribution in [3.05, 3.63) is 29.5 Å². The van der Waals surface area contributed by atoms with Gasteiger partial charge in [-0.3, -0.25) is 0 Å². The van der Waals surface area contributed by atoms with E-state index in [2.05, 4.69) is 24.9 Å². The first-order chi connectivity index (χ1) is 7.67. The van der Waals surface area contributed by atoms with Crippen LogP contribution in [0.3, 0.4) is 0 Å². The Bertz CT molecular complexity index is 502. The summed E-state index contributed by atoms with van der Waals surface area (Å²) in [7, 11) is 1.69. The number of aryl methyl sites for hydroxylation is 1. The molecule has 0 spiro atoms. The topological polar surface area (TPSA) is 51.0 Å². The van der Waals surface area contributed by atoms with E-state index in [0.717, 1.165) is 11.3 Å². The molecule has 1 heterocycles. The standard InChI is InChI=1S/C13H18N2O/c1-8(7-14)13-9(2)15-12-5-4-10(16-3)6-11(12)13/h4-6,8,15H,7,14H2,1-3H3. The quantitative estimate of drug-likeness (QED) is 0.831. The van der Waals surface area contributed by atoms with Gasteiger partial charge in [-0.2, -0.15) is 0 Å². The van der Waals surface area contributed by atoms with Gasteiger partial charge < -0.3 is 15.5 Å². The van der Waals surface area contributed by atoms with Gasteiger partial charge in [-0.1, -0.05) is 6.92 Å². The van der Waals surface area contributed by atoms with Crippen molar-refractivity contribution in [3.8, 4) is 5.75 Å². The number of nitrogens with two attached hydrogens (primary N) is 1. The summed E-state index contributed by atoms with van der Waals surface area (Å²) in [4.78, 5) is 3.38. The summed E-state index contributed by atoms with van der Waals surface area (Å²) >= 11 is 0. The Labute approximate surface area is 95.6 Å². The van der Waals surface area contributed by atoms with Crippen molar-refractivity contribution < 1.29 is 4.74 Å². The Morgan fingerprint density at radius 3 is 2.81 bits per heavy atom. The van der Waals surface area contributed by atoms with E-state index in [4.69, 9.17) is 10.5 Å². The molecule has 1 aromatic carbocycles. The fourth-order valence-electron chi connectivity index (χ4n) is 2.21. The molecule has 86 valence electrons. The van der Waals surface area contributed by atoms with Gasteiger partial charge in [0, 0.05) is 16.6 Å². The Morgan fingerprint density at radius 1 is 1.44 bits per heavy atom. The molecule has 3 heteroatoms. The second-order valence-corrected chi connectivity index (χ2v) is 4.21. The van der Waals surface area contributed by atoms with Crippen molar-refractivity contribution in [3.63, 3.8) is 0 Å². The monoisotopic (exact) mass is 218 g/mol. The Kier molecular flexibility index (Phi) is 2.88. The Morgan fingerprint density at radius 2 is 2.19 bits per heavy atom. The molecule has 0 radical (unpaired) electrons. The van der Waals surface area contributed by atoms with E-state index in [1.54, 1.807) is 7.11 Å². The van der Waals surface area contributed by atoms with Crippen molar-refractivity contribution in [1.82, 2.24) is 4.98 Å². The highest BCUT2D eigenvalue weighted by Gasteiger charge is 2.14. The minimum absolute atomic E-state index is 0.362. The first-order valence-electron chi connectivity index (χ1n) is 5.53. The summed E-state index contributed by atoms with van der Waals surface area (Å²) in [6, 6.07) is 6.09. The van der Waals surface area contributed by atoms with E-state index in [1.165, 1.54) is 16.6 Å². The van der Waals surface area contributed by atoms with Crippen molar-refractivity contribution in [1.29, 1.82) is 0 Å². The SMILES string of the molecule is COc1ccc2[nH]c(C)c(C(C)CN)c2c1. The second-order valence-electron chi connectivity index (χ2n) is 4.21. The molecule has 0 aliphatic carbocycles. The minimum atomic E-state index is 0.362. The maximum Gasteiger partial charge on any atom is 0.119 e. The van der Waals surface area contributed by atoms with Gasteiger partial charge in [0.15, 0.2) is 0 Å². The Hall–Kier alpha value is -1.48. The zero-order chi connectivity index (χ0) is 11.7. The molecular formula is C13H18N2O. The number of fused-ring (bicyclic) bond motifs is 1. The van der Waals surface area contributed by atoms with Crippen LogP contribution in [0.5, 0.6) is 5.75 Å². The van der Waals surface area contributed by atoms with Crippen molar-refractivity contribution in [2.45, 2.75) is 19.8 Å². The molecule has 0 bridgehead atoms. The highest BCUT2D eigenvalue weighted by Crippen LogP contribution is 2.30. The summed E-state index contributed by atoms with van der Waals surface area (Å²) in [6.07, 6.45) is 0. The van der Waals surface area contributed by atoms with Crippen LogP contribution in [-0.4, -0.2) is 18.6 Å². The fourth-order valence-corrected chi connectivity index (χ4v) is 2.21. The van der Waals surface area contributed by atoms with E-state index < -0.39 is 0 Å². The van der Waals surface area contributed by atoms with Gasteiger partial charge in [-0.15, -0.1) is 0 Å². The van der Waals surface area contributed by atoms with Crippen molar-refractivity contribution >= 4 is 10.9 Å². The summed E-state index contributed by atoms with van der Waals surface area (Å²) < 4.78 is 5.25. The number of nitrogens with one attached hydrogen (secondary N) is 1. The molecule has 1 unspecified atom stereocenters. The molecule has 0 saturated carbocycles. The molecule has 0 aliphatic heterocycles. The molecular weight excluding hydrogens is 200 g/mol. The number of methoxy groups -OCH3 is 1. The van der Waals surface area contributed by atoms with E-state index in [0.29, 0.717) is 12.5 Å². The van der Waals surface area contributed by atoms with Crippen LogP contribution in [0.1, 0.15) is 24.1 Å². The van der Waals surface area contributed by atoms with Crippen LogP contribution in [-0.2, 0) is 0 Å². The number of aromatic amines is 1. The molecule has 3 nitrogen and oxygen atoms in total. The highest BCUT2D eigenvalue weighted by molar-refractivity contribution is 5.86. The van der Waals surface area contributed by atoms with Gasteiger partial charge >= 0.3 is 0 Å². The zero-order valence-electron chi connectivity index (χ0n) is 10.0. The predicted molar refractivity (Wildman–Crippen MR) is 67.1 cm³/mol. The van der Waals surface area contributed by atoms with E-state index in [1.807, 2.05) is 12.1 Å². The maximum absolute atomic E-state index is 5.75. The lowest BCUT2D eigenvalue weighted by Crippen LogP contribution is -2.09. The second kappa shape index (κ2) is 4.18. The van der Waals surface area contributed by atoms with E-state index >= 15 is 0 Å². The molecule has 2 rings (SSSR count). The van der Waals surface area contributed by atoms with Gasteiger partial charge in [-0.25, -0.2) is 0 Å². The third-order valence-corrected chi connectivity index (χ3v) is 3.09. The number of H-pyrrole nitrogens is 1. The lowest BCUT2D eigenvalue weighted by Gasteiger charge is -2.09. The van der Waals surface area contributed by atoms with E-state index in [9.17, 15) is 0 Å². The molecule has 3 N–H and O–H groups in total. The number of hydrogen-bond donors (Lipinski definition) is 2. The van der Waals surface area contributed by atoms with Gasteiger partial charge in [0.25, 0.3) is 0 Å². The molecule has 0 fully saturated rings. The number of rotatable bonds is 3. The number of ether oxygens (including phenoxy) is 1. The van der Waals surface area contributed by atoms with Gasteiger partial charge in [-0.05, 0) is 43.1 Å². The van der Waals surface area contributed by atoms with Crippen LogP contribution in [0.4, 0.5) is 0 Å². The molecule has 0 aliphatic rings. The summed E-state index contributed by atoms with van der Waals surface area (Å²) in [5.74, 6) is 1.25. The van der Waals surface area contributed by atoms with Crippen molar-refractivity contribution in [2.75, 3.05) is 13.7 Å². The van der Waals surface area contributed by atoms with Crippen LogP contribution in [0.15, 0.2) is 18.2 Å². The van der Waals surface area contributed by atoms with Crippen LogP contribution >= 0.6 is 0 Å². The summed E-state index contributed by atoms with van der Waals surface area (Å²) in [5, 5.41) is 1.22. The third-order valence-electron chi connectivity index (χ3n) is 3.09. The average Bonchev–Trinajstić information content (AvgIpc) is 2.63. The van der Waals surface area contributed by atoms with Crippen LogP contribution in [0.2, 0.25) is 0 Å². The maximum atomic E-state index is 5.75. The molecule has 0 amide bonds. The summed E-state index contributed by atoms with van der Waals surface area (Å²) in [5.41, 5.74) is 9.39. The fraction of sp³-hybridized carbons (Fsp3) is 0.385. The van der Waals surface area contributed by atoms with Gasteiger partial charge in [0.05, 0.1) is 7.11 Å². The highest BCUT2D eigenvalue weighted by atomic mass is 16.5. The van der Waals surface area contributed by atoms with Gasteiger partial charge in [0.2, 0.25) is 0 Å². The molecule has 2 aromatic rings. The van der Waals surface area contributed by atoms with E-state index in [-0.39, 0.29) is 0 Å². The smallest absolute Gasteiger partial charge is 0.119 e. The molecule has 1 atom stereocenters. The Balaban J connectivity index is 2.65. The third kappa shape index (κ3) is 1.67. The molecule has 16 heavy (non-hydrogen) atoms. The molecule has 0 saturated heterocycles. The predicted octanol–water partition coefficient (Wildman–Crippen LogP) is 2.55. The zero-order valence-corrected chi connectivity index (χ0v) is 10.0. The molecule has 1 aromatic heterocycles. The average molecular weight is 218 g/mol. The minimum Gasteiger partial charge on any atom is -0.497 e. The number of benzene rings is 1. The number of hydrogen-bond acceptors (Lipinski definition) is 2. The lowest BCUT2D eigenvalue weighted by atomic mass is 9.98. The van der Waals surface area contributed by atoms with Crippen LogP contribution in [0, 0.1) is 6.92 Å². The van der Waals surface area contributed by atoms with Gasteiger partial charge in [0.1, 0.15) is 5.75 Å². The lowest BCUT2D eigenvalue weighted by molar-refractivity contribution is 0.415. The van der Waals surface area contributed by atoms with Crippen LogP contribution in [0.25, 0.3) is 10.9 Å². The number of aromatic nitrogens is 1. The van der Waals surface area contributed by atoms with Crippen molar-refractivity contribution in [2.24, 2.45) is 5.73 Å². The normalized spacial score (nSPS) is 13.0. The first-order valence-corrected chi connectivity index (χ1v) is 5.53. The first kappa shape index (κ1) is 11.0.